The van der Waals surface area contributed by atoms with Crippen LogP contribution >= 0.6 is 0 Å². The Morgan fingerprint density at radius 2 is 1.00 bits per heavy atom. The van der Waals surface area contributed by atoms with Gasteiger partial charge in [-0.05, 0) is 98.9 Å². The van der Waals surface area contributed by atoms with Crippen molar-refractivity contribution in [2.45, 2.75) is 5.41 Å². The van der Waals surface area contributed by atoms with Crippen LogP contribution in [-0.4, -0.2) is 0 Å². The van der Waals surface area contributed by atoms with Gasteiger partial charge >= 0.3 is 0 Å². The molecule has 10 aromatic carbocycles. The minimum Gasteiger partial charge on any atom is -0.457 e. The summed E-state index contributed by atoms with van der Waals surface area (Å²) in [5.41, 5.74) is 16.5. The Hall–Kier alpha value is -8.14. The maximum absolute atomic E-state index is 6.73. The average molecular weight is 792 g/mol. The fourth-order valence-corrected chi connectivity index (χ4v) is 10.5. The van der Waals surface area contributed by atoms with E-state index in [1.54, 1.807) is 0 Å². The zero-order chi connectivity index (χ0) is 40.8. The first kappa shape index (κ1) is 34.7. The quantitative estimate of drug-likeness (QED) is 0.174. The fraction of sp³-hybridized carbons (Fsp3) is 0.0169. The third-order valence-electron chi connectivity index (χ3n) is 13.1. The molecule has 2 aliphatic rings. The number of hydrogen-bond acceptors (Lipinski definition) is 3. The van der Waals surface area contributed by atoms with Crippen molar-refractivity contribution in [2.75, 3.05) is 4.90 Å². The summed E-state index contributed by atoms with van der Waals surface area (Å²) in [6.45, 7) is 0. The molecule has 1 spiro atoms. The largest absolute Gasteiger partial charge is 0.457 e. The number of hydrogen-bond donors (Lipinski definition) is 0. The molecule has 0 saturated heterocycles. The summed E-state index contributed by atoms with van der Waals surface area (Å²) in [5, 5.41) is 4.43. The lowest BCUT2D eigenvalue weighted by atomic mass is 9.66. The zero-order valence-electron chi connectivity index (χ0n) is 33.6. The lowest BCUT2D eigenvalue weighted by Crippen LogP contribution is -2.32. The van der Waals surface area contributed by atoms with E-state index < -0.39 is 5.41 Å². The predicted molar refractivity (Wildman–Crippen MR) is 254 cm³/mol. The van der Waals surface area contributed by atoms with E-state index >= 15 is 0 Å². The monoisotopic (exact) mass is 791 g/mol. The van der Waals surface area contributed by atoms with Crippen LogP contribution in [0, 0.1) is 0 Å². The van der Waals surface area contributed by atoms with Crippen LogP contribution in [0.2, 0.25) is 0 Å². The van der Waals surface area contributed by atoms with E-state index in [1.807, 2.05) is 6.07 Å². The standard InChI is InChI=1S/C59H37NO2/c1-2-15-39(16-3-1)43-18-5-10-24-52(43)60(53-25-14-17-40-31-35-46-45-20-6-11-26-54(45)62-58(46)57(40)53)42-33-29-38(30-34-42)41-32-36-49-47(37-41)44-19-4-7-21-48(44)59(49)50-22-8-12-27-55(50)61-56-28-13-9-23-51(56)59/h1-37H. The molecule has 0 fully saturated rings. The fourth-order valence-electron chi connectivity index (χ4n) is 10.5. The van der Waals surface area contributed by atoms with Crippen molar-refractivity contribution in [3.05, 3.63) is 247 Å². The number of furan rings is 1. The second-order valence-corrected chi connectivity index (χ2v) is 16.3. The molecule has 0 bridgehead atoms. The summed E-state index contributed by atoms with van der Waals surface area (Å²) in [4.78, 5) is 2.41. The van der Waals surface area contributed by atoms with Crippen molar-refractivity contribution in [2.24, 2.45) is 0 Å². The van der Waals surface area contributed by atoms with E-state index in [1.165, 1.54) is 38.9 Å². The molecule has 0 radical (unpaired) electrons. The van der Waals surface area contributed by atoms with Gasteiger partial charge in [-0.2, -0.15) is 0 Å². The number of anilines is 3. The molecule has 1 aliphatic heterocycles. The average Bonchev–Trinajstić information content (AvgIpc) is 3.86. The Kier molecular flexibility index (Phi) is 7.52. The maximum atomic E-state index is 6.73. The second-order valence-electron chi connectivity index (χ2n) is 16.3. The Bertz CT molecular complexity index is 3520. The molecule has 13 rings (SSSR count). The normalized spacial score (nSPS) is 13.1. The van der Waals surface area contributed by atoms with Gasteiger partial charge in [0.1, 0.15) is 22.7 Å². The highest BCUT2D eigenvalue weighted by atomic mass is 16.5. The van der Waals surface area contributed by atoms with E-state index in [-0.39, 0.29) is 0 Å². The molecule has 1 aromatic heterocycles. The highest BCUT2D eigenvalue weighted by Crippen LogP contribution is 2.62. The van der Waals surface area contributed by atoms with Gasteiger partial charge in [-0.1, -0.05) is 170 Å². The smallest absolute Gasteiger partial charge is 0.145 e. The third kappa shape index (κ3) is 4.94. The highest BCUT2D eigenvalue weighted by molar-refractivity contribution is 6.19. The predicted octanol–water partition coefficient (Wildman–Crippen LogP) is 16.0. The van der Waals surface area contributed by atoms with Crippen molar-refractivity contribution < 1.29 is 9.15 Å². The molecule has 290 valence electrons. The molecule has 3 heteroatoms. The number of rotatable bonds is 5. The SMILES string of the molecule is c1ccc(-c2ccccc2N(c2ccc(-c3ccc4c(c3)-c3ccccc3C43c4ccccc4Oc4ccccc43)cc2)c2cccc3ccc4c5ccccc5oc4c23)cc1. The molecule has 0 N–H and O–H groups in total. The van der Waals surface area contributed by atoms with Gasteiger partial charge in [0.15, 0.2) is 0 Å². The lowest BCUT2D eigenvalue weighted by molar-refractivity contribution is 0.436. The van der Waals surface area contributed by atoms with Crippen LogP contribution in [0.3, 0.4) is 0 Å². The van der Waals surface area contributed by atoms with Crippen LogP contribution in [0.25, 0.3) is 66.1 Å². The van der Waals surface area contributed by atoms with Gasteiger partial charge in [0.05, 0.1) is 16.8 Å². The van der Waals surface area contributed by atoms with Crippen molar-refractivity contribution in [3.8, 4) is 44.9 Å². The minimum atomic E-state index is -0.490. The summed E-state index contributed by atoms with van der Waals surface area (Å²) >= 11 is 0. The van der Waals surface area contributed by atoms with E-state index in [4.69, 9.17) is 9.15 Å². The molecule has 0 unspecified atom stereocenters. The van der Waals surface area contributed by atoms with Gasteiger partial charge in [-0.15, -0.1) is 0 Å². The van der Waals surface area contributed by atoms with Crippen LogP contribution in [0.1, 0.15) is 22.3 Å². The van der Waals surface area contributed by atoms with Crippen LogP contribution in [-0.2, 0) is 5.41 Å². The first-order valence-electron chi connectivity index (χ1n) is 21.2. The topological polar surface area (TPSA) is 25.6 Å². The summed E-state index contributed by atoms with van der Waals surface area (Å²) in [5.74, 6) is 1.80. The number of ether oxygens (including phenoxy) is 1. The molecule has 3 nitrogen and oxygen atoms in total. The molecule has 2 heterocycles. The van der Waals surface area contributed by atoms with Gasteiger partial charge in [0.2, 0.25) is 0 Å². The summed E-state index contributed by atoms with van der Waals surface area (Å²) in [6, 6.07) is 80.8. The maximum Gasteiger partial charge on any atom is 0.145 e. The highest BCUT2D eigenvalue weighted by Gasteiger charge is 2.50. The first-order chi connectivity index (χ1) is 30.8. The third-order valence-corrected chi connectivity index (χ3v) is 13.1. The summed E-state index contributed by atoms with van der Waals surface area (Å²) in [7, 11) is 0. The summed E-state index contributed by atoms with van der Waals surface area (Å²) < 4.78 is 13.3. The number of para-hydroxylation sites is 4. The Morgan fingerprint density at radius 3 is 1.81 bits per heavy atom. The summed E-state index contributed by atoms with van der Waals surface area (Å²) in [6.07, 6.45) is 0. The zero-order valence-corrected chi connectivity index (χ0v) is 33.6. The molecule has 0 atom stereocenters. The molecule has 62 heavy (non-hydrogen) atoms. The van der Waals surface area contributed by atoms with Gasteiger partial charge in [0, 0.05) is 38.5 Å². The molecule has 11 aromatic rings. The lowest BCUT2D eigenvalue weighted by Gasteiger charge is -2.39. The van der Waals surface area contributed by atoms with Gasteiger partial charge in [0.25, 0.3) is 0 Å². The molecule has 0 saturated carbocycles. The molecule has 1 aliphatic carbocycles. The van der Waals surface area contributed by atoms with Crippen LogP contribution in [0.5, 0.6) is 11.5 Å². The van der Waals surface area contributed by atoms with Crippen molar-refractivity contribution in [1.82, 2.24) is 0 Å². The number of benzene rings is 10. The Labute approximate surface area is 359 Å². The molecule has 0 amide bonds. The second kappa shape index (κ2) is 13.4. The van der Waals surface area contributed by atoms with Crippen molar-refractivity contribution >= 4 is 49.8 Å². The van der Waals surface area contributed by atoms with Gasteiger partial charge in [-0.3, -0.25) is 0 Å². The van der Waals surface area contributed by atoms with Crippen LogP contribution in [0.15, 0.2) is 229 Å². The van der Waals surface area contributed by atoms with E-state index in [0.717, 1.165) is 78.0 Å². The van der Waals surface area contributed by atoms with Crippen LogP contribution in [0.4, 0.5) is 17.1 Å². The van der Waals surface area contributed by atoms with Crippen molar-refractivity contribution in [3.63, 3.8) is 0 Å². The van der Waals surface area contributed by atoms with E-state index in [2.05, 4.69) is 223 Å². The molecular formula is C59H37NO2. The van der Waals surface area contributed by atoms with Crippen LogP contribution < -0.4 is 9.64 Å². The first-order valence-corrected chi connectivity index (χ1v) is 21.2. The number of fused-ring (bicyclic) bond motifs is 14. The number of nitrogens with zero attached hydrogens (tertiary/aromatic N) is 1. The van der Waals surface area contributed by atoms with Gasteiger partial charge < -0.3 is 14.1 Å². The molecular weight excluding hydrogens is 755 g/mol. The van der Waals surface area contributed by atoms with Crippen molar-refractivity contribution in [1.29, 1.82) is 0 Å². The Balaban J connectivity index is 0.991. The Morgan fingerprint density at radius 1 is 0.371 bits per heavy atom. The van der Waals surface area contributed by atoms with E-state index in [9.17, 15) is 0 Å². The van der Waals surface area contributed by atoms with E-state index in [0.29, 0.717) is 0 Å². The minimum absolute atomic E-state index is 0.490. The van der Waals surface area contributed by atoms with Gasteiger partial charge in [-0.25, -0.2) is 0 Å².